The molecule has 0 saturated heterocycles. The highest BCUT2D eigenvalue weighted by Gasteiger charge is 2.09. The van der Waals surface area contributed by atoms with Gasteiger partial charge < -0.3 is 14.8 Å². The molecule has 3 rings (SSSR count). The number of para-hydroxylation sites is 2. The maximum Gasteiger partial charge on any atom is 0.250 e. The minimum atomic E-state index is -0.286. The average Bonchev–Trinajstić information content (AvgIpc) is 2.91. The van der Waals surface area contributed by atoms with Gasteiger partial charge in [-0.25, -0.2) is 10.4 Å². The topological polar surface area (TPSA) is 99.7 Å². The highest BCUT2D eigenvalue weighted by Crippen LogP contribution is 2.22. The number of nitrogens with one attached hydrogen (secondary N) is 1. The fraction of sp³-hybridized carbons (Fsp3) is 0.118. The van der Waals surface area contributed by atoms with Crippen molar-refractivity contribution >= 4 is 34.9 Å². The van der Waals surface area contributed by atoms with Crippen LogP contribution in [0, 0.1) is 0 Å². The summed E-state index contributed by atoms with van der Waals surface area (Å²) in [4.78, 5) is 16.4. The number of thioether (sulfide) groups is 1. The van der Waals surface area contributed by atoms with Gasteiger partial charge in [0.2, 0.25) is 0 Å². The third-order valence-corrected chi connectivity index (χ3v) is 4.52. The number of carbonyl (C=O) groups excluding carboxylic acids is 1. The Balaban J connectivity index is 1.57. The third kappa shape index (κ3) is 3.92. The summed E-state index contributed by atoms with van der Waals surface area (Å²) in [7, 11) is 1.90. The van der Waals surface area contributed by atoms with Crippen molar-refractivity contribution in [1.82, 2.24) is 15.0 Å². The van der Waals surface area contributed by atoms with Gasteiger partial charge in [0, 0.05) is 18.7 Å². The second-order valence-corrected chi connectivity index (χ2v) is 6.21. The smallest absolute Gasteiger partial charge is 0.250 e. The highest BCUT2D eigenvalue weighted by molar-refractivity contribution is 7.99. The van der Waals surface area contributed by atoms with E-state index in [1.165, 1.54) is 36.2 Å². The minimum absolute atomic E-state index is 0.0439. The Morgan fingerprint density at radius 3 is 2.88 bits per heavy atom. The largest absolute Gasteiger partial charge is 0.508 e. The first-order chi connectivity index (χ1) is 12.0. The quantitative estimate of drug-likeness (QED) is 0.370. The van der Waals surface area contributed by atoms with Crippen LogP contribution in [-0.4, -0.2) is 37.6 Å². The molecule has 0 saturated carbocycles. The van der Waals surface area contributed by atoms with Gasteiger partial charge in [-0.15, -0.1) is 0 Å². The summed E-state index contributed by atoms with van der Waals surface area (Å²) < 4.78 is 1.94. The van der Waals surface area contributed by atoms with Gasteiger partial charge in [0.15, 0.2) is 5.16 Å². The zero-order valence-electron chi connectivity index (χ0n) is 13.4. The molecule has 0 unspecified atom stereocenters. The predicted molar refractivity (Wildman–Crippen MR) is 96.9 cm³/mol. The number of imidazole rings is 1. The van der Waals surface area contributed by atoms with Crippen LogP contribution in [0.15, 0.2) is 52.7 Å². The first-order valence-corrected chi connectivity index (χ1v) is 8.41. The van der Waals surface area contributed by atoms with Crippen LogP contribution in [0.25, 0.3) is 11.0 Å². The van der Waals surface area contributed by atoms with Crippen LogP contribution in [0.1, 0.15) is 5.56 Å². The molecule has 3 N–H and O–H groups in total. The molecule has 7 nitrogen and oxygen atoms in total. The number of benzene rings is 2. The SMILES string of the molecule is Cn1c(SCC(=O)N/N=C/c2ccc(O)cc2O)nc2ccccc21. The summed E-state index contributed by atoms with van der Waals surface area (Å²) in [6.07, 6.45) is 1.31. The van der Waals surface area contributed by atoms with Crippen LogP contribution in [-0.2, 0) is 11.8 Å². The molecule has 2 aromatic carbocycles. The van der Waals surface area contributed by atoms with Crippen LogP contribution >= 0.6 is 11.8 Å². The molecule has 0 fully saturated rings. The average molecular weight is 356 g/mol. The van der Waals surface area contributed by atoms with E-state index in [1.807, 2.05) is 35.9 Å². The van der Waals surface area contributed by atoms with E-state index in [9.17, 15) is 15.0 Å². The van der Waals surface area contributed by atoms with E-state index in [0.717, 1.165) is 16.2 Å². The van der Waals surface area contributed by atoms with Crippen molar-refractivity contribution in [3.8, 4) is 11.5 Å². The highest BCUT2D eigenvalue weighted by atomic mass is 32.2. The molecule has 1 aromatic heterocycles. The Labute approximate surface area is 148 Å². The molecule has 8 heteroatoms. The van der Waals surface area contributed by atoms with Gasteiger partial charge in [-0.2, -0.15) is 5.10 Å². The van der Waals surface area contributed by atoms with Crippen LogP contribution in [0.4, 0.5) is 0 Å². The van der Waals surface area contributed by atoms with E-state index in [0.29, 0.717) is 5.56 Å². The minimum Gasteiger partial charge on any atom is -0.508 e. The molecule has 0 radical (unpaired) electrons. The number of aryl methyl sites for hydroxylation is 1. The Hall–Kier alpha value is -3.00. The van der Waals surface area contributed by atoms with Crippen LogP contribution in [0.2, 0.25) is 0 Å². The molecule has 0 atom stereocenters. The van der Waals surface area contributed by atoms with Crippen molar-refractivity contribution in [2.45, 2.75) is 5.16 Å². The first-order valence-electron chi connectivity index (χ1n) is 7.43. The molecule has 0 aliphatic heterocycles. The molecule has 0 spiro atoms. The van der Waals surface area contributed by atoms with Crippen molar-refractivity contribution in [1.29, 1.82) is 0 Å². The summed E-state index contributed by atoms with van der Waals surface area (Å²) in [6, 6.07) is 11.9. The number of aromatic hydroxyl groups is 2. The fourth-order valence-electron chi connectivity index (χ4n) is 2.23. The molecule has 25 heavy (non-hydrogen) atoms. The summed E-state index contributed by atoms with van der Waals surface area (Å²) >= 11 is 1.32. The first kappa shape index (κ1) is 16.8. The van der Waals surface area contributed by atoms with E-state index in [4.69, 9.17) is 0 Å². The second kappa shape index (κ2) is 7.27. The number of phenols is 2. The number of hydrogen-bond acceptors (Lipinski definition) is 6. The number of rotatable bonds is 5. The van der Waals surface area contributed by atoms with Crippen molar-refractivity contribution in [2.24, 2.45) is 12.1 Å². The molecule has 0 aliphatic rings. The molecule has 1 amide bonds. The monoisotopic (exact) mass is 356 g/mol. The molecule has 0 aliphatic carbocycles. The number of hydrogen-bond donors (Lipinski definition) is 3. The fourth-order valence-corrected chi connectivity index (χ4v) is 3.01. The molecular weight excluding hydrogens is 340 g/mol. The zero-order valence-corrected chi connectivity index (χ0v) is 14.2. The normalized spacial score (nSPS) is 11.2. The number of hydrazone groups is 1. The van der Waals surface area contributed by atoms with Crippen LogP contribution in [0.5, 0.6) is 11.5 Å². The van der Waals surface area contributed by atoms with E-state index in [2.05, 4.69) is 15.5 Å². The van der Waals surface area contributed by atoms with E-state index in [-0.39, 0.29) is 23.2 Å². The number of fused-ring (bicyclic) bond motifs is 1. The van der Waals surface area contributed by atoms with Crippen molar-refractivity contribution in [3.05, 3.63) is 48.0 Å². The summed E-state index contributed by atoms with van der Waals surface area (Å²) in [5, 5.41) is 23.4. The molecule has 3 aromatic rings. The standard InChI is InChI=1S/C17H16N4O3S/c1-21-14-5-3-2-4-13(14)19-17(21)25-10-16(24)20-18-9-11-6-7-12(22)8-15(11)23/h2-9,22-23H,10H2,1H3,(H,20,24)/b18-9+. The van der Waals surface area contributed by atoms with Crippen molar-refractivity contribution < 1.29 is 15.0 Å². The van der Waals surface area contributed by atoms with Gasteiger partial charge >= 0.3 is 0 Å². The third-order valence-electron chi connectivity index (χ3n) is 3.49. The van der Waals surface area contributed by atoms with Crippen molar-refractivity contribution in [2.75, 3.05) is 5.75 Å². The lowest BCUT2D eigenvalue weighted by Crippen LogP contribution is -2.19. The molecule has 0 bridgehead atoms. The number of carbonyl (C=O) groups is 1. The maximum absolute atomic E-state index is 11.9. The van der Waals surface area contributed by atoms with Crippen molar-refractivity contribution in [3.63, 3.8) is 0 Å². The Morgan fingerprint density at radius 1 is 1.32 bits per heavy atom. The van der Waals surface area contributed by atoms with Crippen LogP contribution < -0.4 is 5.43 Å². The van der Waals surface area contributed by atoms with E-state index < -0.39 is 0 Å². The predicted octanol–water partition coefficient (Wildman–Crippen LogP) is 2.23. The van der Waals surface area contributed by atoms with E-state index >= 15 is 0 Å². The number of aromatic nitrogens is 2. The lowest BCUT2D eigenvalue weighted by atomic mass is 10.2. The zero-order chi connectivity index (χ0) is 17.8. The number of amides is 1. The number of phenolic OH excluding ortho intramolecular Hbond substituents is 2. The second-order valence-electron chi connectivity index (χ2n) is 5.27. The van der Waals surface area contributed by atoms with Gasteiger partial charge in [-0.3, -0.25) is 4.79 Å². The van der Waals surface area contributed by atoms with Crippen LogP contribution in [0.3, 0.4) is 0 Å². The van der Waals surface area contributed by atoms with Gasteiger partial charge in [0.05, 0.1) is 23.0 Å². The summed E-state index contributed by atoms with van der Waals surface area (Å²) in [5.74, 6) is -0.285. The van der Waals surface area contributed by atoms with E-state index in [1.54, 1.807) is 0 Å². The van der Waals surface area contributed by atoms with Gasteiger partial charge in [0.25, 0.3) is 5.91 Å². The summed E-state index contributed by atoms with van der Waals surface area (Å²) in [6.45, 7) is 0. The lowest BCUT2D eigenvalue weighted by molar-refractivity contribution is -0.118. The van der Waals surface area contributed by atoms with Gasteiger partial charge in [-0.1, -0.05) is 23.9 Å². The summed E-state index contributed by atoms with van der Waals surface area (Å²) in [5.41, 5.74) is 4.67. The molecule has 128 valence electrons. The maximum atomic E-state index is 11.9. The Morgan fingerprint density at radius 2 is 2.12 bits per heavy atom. The molecule has 1 heterocycles. The lowest BCUT2D eigenvalue weighted by Gasteiger charge is -2.02. The van der Waals surface area contributed by atoms with Gasteiger partial charge in [0.1, 0.15) is 11.5 Å². The number of nitrogens with zero attached hydrogens (tertiary/aromatic N) is 3. The Kier molecular flexibility index (Phi) is 4.90. The molecular formula is C17H16N4O3S. The Bertz CT molecular complexity index is 952. The van der Waals surface area contributed by atoms with Gasteiger partial charge in [-0.05, 0) is 24.3 Å².